The largest absolute Gasteiger partial charge is 0.497 e. The molecule has 2 aromatic rings. The van der Waals surface area contributed by atoms with Crippen LogP contribution in [0, 0.1) is 0 Å². The molecule has 0 fully saturated rings. The molecule has 0 radical (unpaired) electrons. The molecule has 25 heavy (non-hydrogen) atoms. The van der Waals surface area contributed by atoms with Gasteiger partial charge in [0.1, 0.15) is 12.2 Å². The summed E-state index contributed by atoms with van der Waals surface area (Å²) in [4.78, 5) is 23.5. The van der Waals surface area contributed by atoms with E-state index in [1.54, 1.807) is 43.5 Å². The van der Waals surface area contributed by atoms with Crippen molar-refractivity contribution in [2.75, 3.05) is 12.4 Å². The molecule has 0 saturated heterocycles. The van der Waals surface area contributed by atoms with E-state index >= 15 is 0 Å². The van der Waals surface area contributed by atoms with Crippen LogP contribution in [0.4, 0.5) is 5.69 Å². The van der Waals surface area contributed by atoms with Gasteiger partial charge in [0.05, 0.1) is 23.4 Å². The molecule has 2 aromatic carbocycles. The van der Waals surface area contributed by atoms with E-state index in [1.165, 1.54) is 12.3 Å². The minimum Gasteiger partial charge on any atom is -0.497 e. The fourth-order valence-corrected chi connectivity index (χ4v) is 2.13. The predicted molar refractivity (Wildman–Crippen MR) is 98.4 cm³/mol. The van der Waals surface area contributed by atoms with Crippen LogP contribution >= 0.6 is 23.2 Å². The highest BCUT2D eigenvalue weighted by molar-refractivity contribution is 6.42. The Labute approximate surface area is 154 Å². The average molecular weight is 380 g/mol. The second kappa shape index (κ2) is 9.05. The van der Waals surface area contributed by atoms with Crippen molar-refractivity contribution < 1.29 is 14.3 Å². The van der Waals surface area contributed by atoms with Gasteiger partial charge in [-0.05, 0) is 48.0 Å². The maximum absolute atomic E-state index is 11.8. The number of hydrogen-bond acceptors (Lipinski definition) is 4. The number of ether oxygens (including phenoxy) is 1. The number of methoxy groups -OCH3 is 1. The normalized spacial score (nSPS) is 10.5. The highest BCUT2D eigenvalue weighted by atomic mass is 35.5. The van der Waals surface area contributed by atoms with Crippen LogP contribution < -0.4 is 15.5 Å². The van der Waals surface area contributed by atoms with Gasteiger partial charge in [0.15, 0.2) is 0 Å². The van der Waals surface area contributed by atoms with Gasteiger partial charge in [0, 0.05) is 5.69 Å². The number of anilines is 1. The number of halogens is 2. The number of benzene rings is 2. The standard InChI is InChI=1S/C17H15Cl2N3O3/c1-25-13-5-2-11(3-6-13)10-20-22-17(24)9-16(23)21-12-4-7-14(18)15(19)8-12/h2-8,10H,9H2,1H3,(H,21,23)(H,22,24). The molecule has 0 aliphatic rings. The first-order valence-corrected chi connectivity index (χ1v) is 7.94. The molecule has 2 rings (SSSR count). The Hall–Kier alpha value is -2.57. The molecule has 0 bridgehead atoms. The maximum atomic E-state index is 11.8. The van der Waals surface area contributed by atoms with Crippen molar-refractivity contribution in [3.05, 3.63) is 58.1 Å². The molecule has 0 unspecified atom stereocenters. The Balaban J connectivity index is 1.81. The van der Waals surface area contributed by atoms with Gasteiger partial charge in [-0.1, -0.05) is 23.2 Å². The van der Waals surface area contributed by atoms with Gasteiger partial charge in [-0.25, -0.2) is 5.43 Å². The number of nitrogens with one attached hydrogen (secondary N) is 2. The summed E-state index contributed by atoms with van der Waals surface area (Å²) in [6.45, 7) is 0. The number of hydrogen-bond donors (Lipinski definition) is 2. The lowest BCUT2D eigenvalue weighted by Crippen LogP contribution is -2.24. The van der Waals surface area contributed by atoms with Crippen molar-refractivity contribution in [2.24, 2.45) is 5.10 Å². The Morgan fingerprint density at radius 1 is 1.08 bits per heavy atom. The Kier molecular flexibility index (Phi) is 6.80. The number of amides is 2. The summed E-state index contributed by atoms with van der Waals surface area (Å²) in [7, 11) is 1.58. The second-order valence-electron chi connectivity index (χ2n) is 4.92. The minimum atomic E-state index is -0.540. The van der Waals surface area contributed by atoms with E-state index in [9.17, 15) is 9.59 Å². The zero-order chi connectivity index (χ0) is 18.2. The molecule has 130 valence electrons. The molecule has 0 aliphatic heterocycles. The van der Waals surface area contributed by atoms with Crippen molar-refractivity contribution in [1.29, 1.82) is 0 Å². The molecular formula is C17H15Cl2N3O3. The smallest absolute Gasteiger partial charge is 0.249 e. The molecule has 2 N–H and O–H groups in total. The van der Waals surface area contributed by atoms with Crippen LogP contribution in [-0.4, -0.2) is 25.1 Å². The van der Waals surface area contributed by atoms with E-state index in [0.29, 0.717) is 15.7 Å². The van der Waals surface area contributed by atoms with Crippen LogP contribution in [0.25, 0.3) is 0 Å². The van der Waals surface area contributed by atoms with E-state index in [4.69, 9.17) is 27.9 Å². The van der Waals surface area contributed by atoms with Gasteiger partial charge in [-0.3, -0.25) is 9.59 Å². The van der Waals surface area contributed by atoms with Crippen molar-refractivity contribution in [3.63, 3.8) is 0 Å². The van der Waals surface area contributed by atoms with Crippen LogP contribution in [0.15, 0.2) is 47.6 Å². The van der Waals surface area contributed by atoms with Gasteiger partial charge in [0.2, 0.25) is 11.8 Å². The van der Waals surface area contributed by atoms with E-state index in [1.807, 2.05) is 0 Å². The second-order valence-corrected chi connectivity index (χ2v) is 5.73. The molecule has 0 aliphatic carbocycles. The fraction of sp³-hybridized carbons (Fsp3) is 0.118. The first kappa shape index (κ1) is 18.8. The number of rotatable bonds is 6. The third-order valence-corrected chi connectivity index (χ3v) is 3.78. The monoisotopic (exact) mass is 379 g/mol. The van der Waals surface area contributed by atoms with Crippen molar-refractivity contribution in [2.45, 2.75) is 6.42 Å². The molecule has 0 atom stereocenters. The Bertz CT molecular complexity index is 792. The summed E-state index contributed by atoms with van der Waals surface area (Å²) in [6, 6.07) is 11.8. The highest BCUT2D eigenvalue weighted by Gasteiger charge is 2.09. The predicted octanol–water partition coefficient (Wildman–Crippen LogP) is 3.48. The van der Waals surface area contributed by atoms with Gasteiger partial charge >= 0.3 is 0 Å². The highest BCUT2D eigenvalue weighted by Crippen LogP contribution is 2.25. The fourth-order valence-electron chi connectivity index (χ4n) is 1.83. The van der Waals surface area contributed by atoms with Crippen molar-refractivity contribution in [3.8, 4) is 5.75 Å². The third-order valence-electron chi connectivity index (χ3n) is 3.04. The maximum Gasteiger partial charge on any atom is 0.249 e. The first-order valence-electron chi connectivity index (χ1n) is 7.19. The number of carbonyl (C=O) groups excluding carboxylic acids is 2. The van der Waals surface area contributed by atoms with Crippen LogP contribution in [0.5, 0.6) is 5.75 Å². The van der Waals surface area contributed by atoms with E-state index < -0.39 is 11.8 Å². The molecule has 0 saturated carbocycles. The summed E-state index contributed by atoms with van der Waals surface area (Å²) >= 11 is 11.7. The number of carbonyl (C=O) groups is 2. The number of hydrazone groups is 1. The minimum absolute atomic E-state index is 0.313. The molecule has 0 heterocycles. The zero-order valence-electron chi connectivity index (χ0n) is 13.3. The van der Waals surface area contributed by atoms with Gasteiger partial charge < -0.3 is 10.1 Å². The summed E-state index contributed by atoms with van der Waals surface area (Å²) in [5, 5.41) is 7.04. The van der Waals surface area contributed by atoms with E-state index in [0.717, 1.165) is 11.3 Å². The van der Waals surface area contributed by atoms with Crippen LogP contribution in [-0.2, 0) is 9.59 Å². The van der Waals surface area contributed by atoms with E-state index in [2.05, 4.69) is 15.8 Å². The van der Waals surface area contributed by atoms with Crippen molar-refractivity contribution in [1.82, 2.24) is 5.43 Å². The topological polar surface area (TPSA) is 79.8 Å². The number of nitrogens with zero attached hydrogens (tertiary/aromatic N) is 1. The zero-order valence-corrected chi connectivity index (χ0v) is 14.8. The van der Waals surface area contributed by atoms with Crippen LogP contribution in [0.1, 0.15) is 12.0 Å². The van der Waals surface area contributed by atoms with Crippen LogP contribution in [0.2, 0.25) is 10.0 Å². The Morgan fingerprint density at radius 3 is 2.44 bits per heavy atom. The lowest BCUT2D eigenvalue weighted by molar-refractivity contribution is -0.126. The molecule has 2 amide bonds. The van der Waals surface area contributed by atoms with Gasteiger partial charge in [-0.2, -0.15) is 5.10 Å². The first-order chi connectivity index (χ1) is 12.0. The van der Waals surface area contributed by atoms with E-state index in [-0.39, 0.29) is 6.42 Å². The summed E-state index contributed by atoms with van der Waals surface area (Å²) in [6.07, 6.45) is 1.09. The lowest BCUT2D eigenvalue weighted by atomic mass is 10.2. The van der Waals surface area contributed by atoms with Crippen LogP contribution in [0.3, 0.4) is 0 Å². The summed E-state index contributed by atoms with van der Waals surface area (Å²) in [5.74, 6) is -0.307. The SMILES string of the molecule is COc1ccc(C=NNC(=O)CC(=O)Nc2ccc(Cl)c(Cl)c2)cc1. The molecular weight excluding hydrogens is 365 g/mol. The quantitative estimate of drug-likeness (QED) is 0.458. The van der Waals surface area contributed by atoms with Gasteiger partial charge in [-0.15, -0.1) is 0 Å². The lowest BCUT2D eigenvalue weighted by Gasteiger charge is -2.05. The molecule has 6 nitrogen and oxygen atoms in total. The third kappa shape index (κ3) is 6.10. The Morgan fingerprint density at radius 2 is 1.80 bits per heavy atom. The summed E-state index contributed by atoms with van der Waals surface area (Å²) < 4.78 is 5.04. The molecule has 8 heteroatoms. The van der Waals surface area contributed by atoms with Crippen molar-refractivity contribution >= 4 is 46.9 Å². The molecule has 0 aromatic heterocycles. The molecule has 0 spiro atoms. The van der Waals surface area contributed by atoms with Gasteiger partial charge in [0.25, 0.3) is 0 Å². The average Bonchev–Trinajstić information content (AvgIpc) is 2.58. The summed E-state index contributed by atoms with van der Waals surface area (Å²) in [5.41, 5.74) is 3.52.